The highest BCUT2D eigenvalue weighted by atomic mass is 19.1. The fourth-order valence-electron chi connectivity index (χ4n) is 2.28. The van der Waals surface area contributed by atoms with Gasteiger partial charge in [0, 0.05) is 44.0 Å². The summed E-state index contributed by atoms with van der Waals surface area (Å²) < 4.78 is 12.7. The van der Waals surface area contributed by atoms with E-state index in [0.29, 0.717) is 5.95 Å². The molecule has 0 aliphatic carbocycles. The molecule has 0 amide bonds. The molecule has 5 nitrogen and oxygen atoms in total. The van der Waals surface area contributed by atoms with Crippen LogP contribution in [0.25, 0.3) is 0 Å². The van der Waals surface area contributed by atoms with Crippen molar-refractivity contribution in [3.05, 3.63) is 47.3 Å². The van der Waals surface area contributed by atoms with Crippen LogP contribution in [0.15, 0.2) is 24.5 Å². The molecule has 0 bridgehead atoms. The SMILES string of the molecule is Nc1ncc2c(n1)CCN(Cc1ccc(F)nc1)C2. The Balaban J connectivity index is 1.72. The van der Waals surface area contributed by atoms with E-state index in [4.69, 9.17) is 5.73 Å². The summed E-state index contributed by atoms with van der Waals surface area (Å²) >= 11 is 0. The van der Waals surface area contributed by atoms with Crippen molar-refractivity contribution in [2.75, 3.05) is 12.3 Å². The van der Waals surface area contributed by atoms with Crippen LogP contribution < -0.4 is 5.73 Å². The molecule has 0 saturated heterocycles. The topological polar surface area (TPSA) is 67.9 Å². The van der Waals surface area contributed by atoms with Crippen molar-refractivity contribution in [1.29, 1.82) is 0 Å². The van der Waals surface area contributed by atoms with Crippen molar-refractivity contribution in [2.24, 2.45) is 0 Å². The molecule has 98 valence electrons. The average molecular weight is 259 g/mol. The Morgan fingerprint density at radius 3 is 2.95 bits per heavy atom. The lowest BCUT2D eigenvalue weighted by molar-refractivity contribution is 0.242. The highest BCUT2D eigenvalue weighted by Crippen LogP contribution is 2.18. The van der Waals surface area contributed by atoms with Crippen LogP contribution in [0.1, 0.15) is 16.8 Å². The van der Waals surface area contributed by atoms with Gasteiger partial charge in [-0.25, -0.2) is 15.0 Å². The van der Waals surface area contributed by atoms with Gasteiger partial charge in [-0.15, -0.1) is 0 Å². The first kappa shape index (κ1) is 12.0. The molecule has 3 heterocycles. The van der Waals surface area contributed by atoms with E-state index in [1.54, 1.807) is 18.5 Å². The molecule has 0 spiro atoms. The van der Waals surface area contributed by atoms with Crippen LogP contribution in [0.5, 0.6) is 0 Å². The van der Waals surface area contributed by atoms with Gasteiger partial charge in [-0.2, -0.15) is 4.39 Å². The van der Waals surface area contributed by atoms with Gasteiger partial charge < -0.3 is 5.73 Å². The van der Waals surface area contributed by atoms with Gasteiger partial charge in [0.15, 0.2) is 0 Å². The maximum atomic E-state index is 12.7. The Hall–Kier alpha value is -2.08. The van der Waals surface area contributed by atoms with Gasteiger partial charge in [-0.05, 0) is 11.6 Å². The second-order valence-electron chi connectivity index (χ2n) is 4.65. The Labute approximate surface area is 110 Å². The third-order valence-corrected chi connectivity index (χ3v) is 3.23. The minimum absolute atomic E-state index is 0.329. The molecule has 1 aliphatic rings. The van der Waals surface area contributed by atoms with E-state index in [1.807, 2.05) is 0 Å². The summed E-state index contributed by atoms with van der Waals surface area (Å²) in [5.41, 5.74) is 8.71. The Morgan fingerprint density at radius 1 is 1.26 bits per heavy atom. The van der Waals surface area contributed by atoms with Gasteiger partial charge in [0.1, 0.15) is 0 Å². The summed E-state index contributed by atoms with van der Waals surface area (Å²) in [5.74, 6) is -0.119. The fraction of sp³-hybridized carbons (Fsp3) is 0.308. The lowest BCUT2D eigenvalue weighted by atomic mass is 10.1. The molecule has 1 aliphatic heterocycles. The molecule has 0 atom stereocenters. The van der Waals surface area contributed by atoms with E-state index in [-0.39, 0.29) is 0 Å². The zero-order chi connectivity index (χ0) is 13.2. The smallest absolute Gasteiger partial charge is 0.220 e. The second kappa shape index (κ2) is 4.89. The first-order valence-corrected chi connectivity index (χ1v) is 6.14. The maximum absolute atomic E-state index is 12.7. The number of hydrogen-bond acceptors (Lipinski definition) is 5. The predicted molar refractivity (Wildman–Crippen MR) is 68.5 cm³/mol. The number of anilines is 1. The van der Waals surface area contributed by atoms with E-state index >= 15 is 0 Å². The quantitative estimate of drug-likeness (QED) is 0.819. The van der Waals surface area contributed by atoms with Gasteiger partial charge in [-0.3, -0.25) is 4.90 Å². The van der Waals surface area contributed by atoms with Crippen molar-refractivity contribution < 1.29 is 4.39 Å². The summed E-state index contributed by atoms with van der Waals surface area (Å²) in [6.45, 7) is 2.44. The minimum Gasteiger partial charge on any atom is -0.368 e. The van der Waals surface area contributed by atoms with Crippen LogP contribution in [0, 0.1) is 5.95 Å². The number of nitrogens with two attached hydrogens (primary N) is 1. The summed E-state index contributed by atoms with van der Waals surface area (Å²) in [5, 5.41) is 0. The van der Waals surface area contributed by atoms with Gasteiger partial charge in [-0.1, -0.05) is 6.07 Å². The van der Waals surface area contributed by atoms with Crippen LogP contribution >= 0.6 is 0 Å². The fourth-order valence-corrected chi connectivity index (χ4v) is 2.28. The number of rotatable bonds is 2. The molecular formula is C13H14FN5. The summed E-state index contributed by atoms with van der Waals surface area (Å²) in [6, 6.07) is 3.15. The first-order chi connectivity index (χ1) is 9.20. The third kappa shape index (κ3) is 2.68. The van der Waals surface area contributed by atoms with Crippen LogP contribution in [0.4, 0.5) is 10.3 Å². The number of nitrogens with zero attached hydrogens (tertiary/aromatic N) is 4. The highest BCUT2D eigenvalue weighted by molar-refractivity contribution is 5.27. The molecule has 2 N–H and O–H groups in total. The van der Waals surface area contributed by atoms with Crippen molar-refractivity contribution in [3.8, 4) is 0 Å². The second-order valence-corrected chi connectivity index (χ2v) is 4.65. The van der Waals surface area contributed by atoms with Crippen molar-refractivity contribution in [2.45, 2.75) is 19.5 Å². The summed E-state index contributed by atoms with van der Waals surface area (Å²) in [6.07, 6.45) is 4.22. The molecular weight excluding hydrogens is 245 g/mol. The summed E-state index contributed by atoms with van der Waals surface area (Å²) in [4.78, 5) is 14.2. The maximum Gasteiger partial charge on any atom is 0.220 e. The van der Waals surface area contributed by atoms with Crippen LogP contribution in [0.2, 0.25) is 0 Å². The standard InChI is InChI=1S/C13H14FN5/c14-12-2-1-9(5-16-12)7-19-4-3-11-10(8-19)6-17-13(15)18-11/h1-2,5-6H,3-4,7-8H2,(H2,15,17,18). The van der Waals surface area contributed by atoms with Crippen LogP contribution in [-0.2, 0) is 19.5 Å². The van der Waals surface area contributed by atoms with E-state index in [9.17, 15) is 4.39 Å². The van der Waals surface area contributed by atoms with E-state index in [1.165, 1.54) is 6.07 Å². The zero-order valence-corrected chi connectivity index (χ0v) is 10.4. The molecule has 6 heteroatoms. The van der Waals surface area contributed by atoms with Gasteiger partial charge in [0.25, 0.3) is 0 Å². The van der Waals surface area contributed by atoms with Gasteiger partial charge in [0.05, 0.1) is 5.69 Å². The normalized spacial score (nSPS) is 15.2. The van der Waals surface area contributed by atoms with Gasteiger partial charge in [0.2, 0.25) is 11.9 Å². The van der Waals surface area contributed by atoms with E-state index < -0.39 is 5.95 Å². The number of halogens is 1. The first-order valence-electron chi connectivity index (χ1n) is 6.14. The lowest BCUT2D eigenvalue weighted by Gasteiger charge is -2.27. The predicted octanol–water partition coefficient (Wildman–Crippen LogP) is 1.15. The molecule has 0 saturated carbocycles. The highest BCUT2D eigenvalue weighted by Gasteiger charge is 2.18. The van der Waals surface area contributed by atoms with E-state index in [2.05, 4.69) is 19.9 Å². The number of pyridine rings is 1. The Morgan fingerprint density at radius 2 is 2.16 bits per heavy atom. The molecule has 2 aromatic heterocycles. The summed E-state index contributed by atoms with van der Waals surface area (Å²) in [7, 11) is 0. The molecule has 0 radical (unpaired) electrons. The number of aromatic nitrogens is 3. The van der Waals surface area contributed by atoms with Gasteiger partial charge >= 0.3 is 0 Å². The molecule has 0 aromatic carbocycles. The zero-order valence-electron chi connectivity index (χ0n) is 10.4. The van der Waals surface area contributed by atoms with Crippen LogP contribution in [0.3, 0.4) is 0 Å². The average Bonchev–Trinajstić information content (AvgIpc) is 2.42. The Kier molecular flexibility index (Phi) is 3.08. The molecule has 0 unspecified atom stereocenters. The largest absolute Gasteiger partial charge is 0.368 e. The van der Waals surface area contributed by atoms with Crippen molar-refractivity contribution in [3.63, 3.8) is 0 Å². The van der Waals surface area contributed by atoms with Crippen LogP contribution in [-0.4, -0.2) is 26.4 Å². The molecule has 0 fully saturated rings. The number of fused-ring (bicyclic) bond motifs is 1. The number of hydrogen-bond donors (Lipinski definition) is 1. The minimum atomic E-state index is -0.448. The van der Waals surface area contributed by atoms with Crippen molar-refractivity contribution in [1.82, 2.24) is 19.9 Å². The Bertz CT molecular complexity index is 584. The molecule has 3 rings (SSSR count). The lowest BCUT2D eigenvalue weighted by Crippen LogP contribution is -2.31. The monoisotopic (exact) mass is 259 g/mol. The van der Waals surface area contributed by atoms with Crippen molar-refractivity contribution >= 4 is 5.95 Å². The molecule has 2 aromatic rings. The third-order valence-electron chi connectivity index (χ3n) is 3.23. The van der Waals surface area contributed by atoms with E-state index in [0.717, 1.165) is 42.9 Å². The molecule has 19 heavy (non-hydrogen) atoms. The number of nitrogen functional groups attached to an aromatic ring is 1.